The molecule has 3 aromatic carbocycles. The number of rotatable bonds is 3. The SMILES string of the molecule is COC(=O)c1ccc(C(C2=CCc3ccccc32)=C2C=[NH+]c3ccccc32)cc1. The number of hydrogen-bond acceptors (Lipinski definition) is 2. The van der Waals surface area contributed by atoms with Crippen molar-refractivity contribution < 1.29 is 14.5 Å². The first-order valence-electron chi connectivity index (χ1n) is 9.67. The molecule has 2 aliphatic rings. The Morgan fingerprint density at radius 2 is 1.55 bits per heavy atom. The highest BCUT2D eigenvalue weighted by Crippen LogP contribution is 2.42. The van der Waals surface area contributed by atoms with Crippen molar-refractivity contribution in [1.82, 2.24) is 0 Å². The van der Waals surface area contributed by atoms with E-state index in [1.54, 1.807) is 0 Å². The maximum absolute atomic E-state index is 11.9. The Hall–Kier alpha value is -3.72. The number of para-hydroxylation sites is 1. The number of ether oxygens (including phenoxy) is 1. The first-order chi connectivity index (χ1) is 14.3. The number of nitrogens with one attached hydrogen (secondary N) is 1. The van der Waals surface area contributed by atoms with Crippen LogP contribution in [0.4, 0.5) is 5.69 Å². The van der Waals surface area contributed by atoms with Gasteiger partial charge in [-0.25, -0.2) is 9.79 Å². The average molecular weight is 378 g/mol. The average Bonchev–Trinajstić information content (AvgIpc) is 3.39. The van der Waals surface area contributed by atoms with Gasteiger partial charge in [0.05, 0.1) is 23.8 Å². The van der Waals surface area contributed by atoms with Crippen molar-refractivity contribution in [3.63, 3.8) is 0 Å². The molecule has 0 radical (unpaired) electrons. The van der Waals surface area contributed by atoms with Crippen LogP contribution in [0.25, 0.3) is 16.7 Å². The van der Waals surface area contributed by atoms with Crippen LogP contribution in [0.2, 0.25) is 0 Å². The number of fused-ring (bicyclic) bond motifs is 2. The van der Waals surface area contributed by atoms with E-state index in [1.165, 1.54) is 34.9 Å². The van der Waals surface area contributed by atoms with Crippen LogP contribution < -0.4 is 4.99 Å². The van der Waals surface area contributed by atoms with Crippen molar-refractivity contribution in [3.8, 4) is 0 Å². The number of carbonyl (C=O) groups excluding carboxylic acids is 1. The highest BCUT2D eigenvalue weighted by molar-refractivity contribution is 6.30. The fraction of sp³-hybridized carbons (Fsp3) is 0.0769. The van der Waals surface area contributed by atoms with Gasteiger partial charge in [0.2, 0.25) is 5.69 Å². The third kappa shape index (κ3) is 2.92. The molecule has 29 heavy (non-hydrogen) atoms. The summed E-state index contributed by atoms with van der Waals surface area (Å²) >= 11 is 0. The summed E-state index contributed by atoms with van der Waals surface area (Å²) in [6.07, 6.45) is 5.31. The quantitative estimate of drug-likeness (QED) is 0.704. The molecule has 0 fully saturated rings. The second-order valence-electron chi connectivity index (χ2n) is 7.17. The maximum Gasteiger partial charge on any atom is 0.337 e. The molecule has 3 heteroatoms. The minimum atomic E-state index is -0.323. The van der Waals surface area contributed by atoms with Crippen molar-refractivity contribution in [2.45, 2.75) is 6.42 Å². The Morgan fingerprint density at radius 1 is 0.862 bits per heavy atom. The van der Waals surface area contributed by atoms with Crippen LogP contribution in [0.15, 0.2) is 78.9 Å². The molecule has 0 saturated carbocycles. The monoisotopic (exact) mass is 378 g/mol. The van der Waals surface area contributed by atoms with Gasteiger partial charge in [0.25, 0.3) is 0 Å². The molecule has 1 heterocycles. The Kier molecular flexibility index (Phi) is 4.21. The van der Waals surface area contributed by atoms with E-state index >= 15 is 0 Å². The summed E-state index contributed by atoms with van der Waals surface area (Å²) in [6.45, 7) is 0. The first-order valence-corrected chi connectivity index (χ1v) is 9.67. The van der Waals surface area contributed by atoms with E-state index in [0.717, 1.165) is 23.2 Å². The van der Waals surface area contributed by atoms with Crippen LogP contribution in [0.1, 0.15) is 32.6 Å². The first kappa shape index (κ1) is 17.4. The Morgan fingerprint density at radius 3 is 2.34 bits per heavy atom. The number of carbonyl (C=O) groups is 1. The second-order valence-corrected chi connectivity index (χ2v) is 7.17. The Balaban J connectivity index is 1.71. The van der Waals surface area contributed by atoms with Crippen LogP contribution in [-0.4, -0.2) is 19.3 Å². The number of hydrogen-bond donors (Lipinski definition) is 1. The molecule has 1 aliphatic heterocycles. The molecule has 3 nitrogen and oxygen atoms in total. The van der Waals surface area contributed by atoms with Crippen LogP contribution >= 0.6 is 0 Å². The molecule has 0 amide bonds. The van der Waals surface area contributed by atoms with Crippen molar-refractivity contribution in [2.24, 2.45) is 0 Å². The lowest BCUT2D eigenvalue weighted by Crippen LogP contribution is -2.58. The fourth-order valence-electron chi connectivity index (χ4n) is 4.15. The minimum Gasteiger partial charge on any atom is -0.465 e. The molecular weight excluding hydrogens is 358 g/mol. The number of benzene rings is 3. The lowest BCUT2D eigenvalue weighted by Gasteiger charge is -2.14. The Bertz CT molecular complexity index is 1210. The fourth-order valence-corrected chi connectivity index (χ4v) is 4.15. The van der Waals surface area contributed by atoms with Crippen molar-refractivity contribution in [3.05, 3.63) is 107 Å². The molecule has 3 aromatic rings. The summed E-state index contributed by atoms with van der Waals surface area (Å²) in [4.78, 5) is 15.3. The molecule has 1 N–H and O–H groups in total. The molecule has 0 saturated heterocycles. The van der Waals surface area contributed by atoms with Gasteiger partial charge in [0.15, 0.2) is 6.21 Å². The lowest BCUT2D eigenvalue weighted by atomic mass is 9.87. The van der Waals surface area contributed by atoms with Gasteiger partial charge < -0.3 is 4.74 Å². The van der Waals surface area contributed by atoms with Gasteiger partial charge in [0.1, 0.15) is 0 Å². The number of allylic oxidation sites excluding steroid dienone is 4. The molecule has 0 spiro atoms. The summed E-state index contributed by atoms with van der Waals surface area (Å²) in [5.41, 5.74) is 10.1. The van der Waals surface area contributed by atoms with Crippen molar-refractivity contribution in [1.29, 1.82) is 0 Å². The van der Waals surface area contributed by atoms with Gasteiger partial charge in [-0.05, 0) is 46.9 Å². The third-order valence-corrected chi connectivity index (χ3v) is 5.56. The molecule has 0 bridgehead atoms. The zero-order valence-corrected chi connectivity index (χ0v) is 16.1. The highest BCUT2D eigenvalue weighted by atomic mass is 16.5. The lowest BCUT2D eigenvalue weighted by molar-refractivity contribution is -0.342. The molecule has 0 unspecified atom stereocenters. The maximum atomic E-state index is 11.9. The van der Waals surface area contributed by atoms with Gasteiger partial charge in [0, 0.05) is 11.6 Å². The van der Waals surface area contributed by atoms with Gasteiger partial charge in [-0.15, -0.1) is 0 Å². The zero-order valence-electron chi connectivity index (χ0n) is 16.1. The van der Waals surface area contributed by atoms with E-state index in [0.29, 0.717) is 5.56 Å². The van der Waals surface area contributed by atoms with Gasteiger partial charge in [-0.1, -0.05) is 54.6 Å². The molecule has 5 rings (SSSR count). The van der Waals surface area contributed by atoms with Crippen LogP contribution in [0.3, 0.4) is 0 Å². The predicted octanol–water partition coefficient (Wildman–Crippen LogP) is 3.82. The number of methoxy groups -OCH3 is 1. The number of esters is 1. The van der Waals surface area contributed by atoms with Gasteiger partial charge >= 0.3 is 5.97 Å². The van der Waals surface area contributed by atoms with Crippen molar-refractivity contribution in [2.75, 3.05) is 7.11 Å². The standard InChI is InChI=1S/C26H19NO2/c1-29-26(28)19-12-10-18(11-13-19)25(22-15-14-17-6-2-3-7-20(17)22)23-16-27-24-9-5-4-8-21(23)24/h2-13,15-16H,14H2,1H3/p+1. The van der Waals surface area contributed by atoms with Crippen LogP contribution in [0.5, 0.6) is 0 Å². The molecule has 140 valence electrons. The molecule has 1 aliphatic carbocycles. The second kappa shape index (κ2) is 7.02. The molecular formula is C26H20NO2+. The minimum absolute atomic E-state index is 0.323. The van der Waals surface area contributed by atoms with E-state index in [1.807, 2.05) is 30.3 Å². The summed E-state index contributed by atoms with van der Waals surface area (Å²) < 4.78 is 4.85. The molecule has 0 atom stereocenters. The summed E-state index contributed by atoms with van der Waals surface area (Å²) in [6, 6.07) is 24.6. The third-order valence-electron chi connectivity index (χ3n) is 5.56. The Labute approximate surface area is 169 Å². The largest absolute Gasteiger partial charge is 0.465 e. The smallest absolute Gasteiger partial charge is 0.337 e. The summed E-state index contributed by atoms with van der Waals surface area (Å²) in [5.74, 6) is -0.323. The van der Waals surface area contributed by atoms with E-state index in [4.69, 9.17) is 4.74 Å². The summed E-state index contributed by atoms with van der Waals surface area (Å²) in [7, 11) is 1.40. The van der Waals surface area contributed by atoms with Gasteiger partial charge in [-0.2, -0.15) is 0 Å². The van der Waals surface area contributed by atoms with E-state index in [9.17, 15) is 4.79 Å². The van der Waals surface area contributed by atoms with E-state index < -0.39 is 0 Å². The highest BCUT2D eigenvalue weighted by Gasteiger charge is 2.27. The van der Waals surface area contributed by atoms with Crippen LogP contribution in [-0.2, 0) is 11.2 Å². The van der Waals surface area contributed by atoms with Gasteiger partial charge in [-0.3, -0.25) is 0 Å². The predicted molar refractivity (Wildman–Crippen MR) is 116 cm³/mol. The van der Waals surface area contributed by atoms with Crippen molar-refractivity contribution >= 4 is 34.6 Å². The van der Waals surface area contributed by atoms with E-state index in [-0.39, 0.29) is 5.97 Å². The van der Waals surface area contributed by atoms with E-state index in [2.05, 4.69) is 59.7 Å². The topological polar surface area (TPSA) is 40.3 Å². The summed E-state index contributed by atoms with van der Waals surface area (Å²) in [5, 5.41) is 0. The normalized spacial score (nSPS) is 15.6. The molecule has 0 aromatic heterocycles. The zero-order chi connectivity index (χ0) is 19.8. The van der Waals surface area contributed by atoms with Crippen LogP contribution in [0, 0.1) is 0 Å².